The van der Waals surface area contributed by atoms with E-state index in [2.05, 4.69) is 20.5 Å². The van der Waals surface area contributed by atoms with Gasteiger partial charge in [-0.3, -0.25) is 10.1 Å². The van der Waals surface area contributed by atoms with Crippen molar-refractivity contribution in [2.45, 2.75) is 6.92 Å². The summed E-state index contributed by atoms with van der Waals surface area (Å²) < 4.78 is 0. The van der Waals surface area contributed by atoms with Gasteiger partial charge in [-0.05, 0) is 53.6 Å². The maximum atomic E-state index is 10.8. The molecule has 4 N–H and O–H groups in total. The summed E-state index contributed by atoms with van der Waals surface area (Å²) >= 11 is 0. The summed E-state index contributed by atoms with van der Waals surface area (Å²) in [5, 5.41) is 69.6. The minimum absolute atomic E-state index is 0. The van der Waals surface area contributed by atoms with Crippen LogP contribution in [0.2, 0.25) is 0 Å². The summed E-state index contributed by atoms with van der Waals surface area (Å²) in [4.78, 5) is 10.2. The number of fused-ring (bicyclic) bond motifs is 2. The van der Waals surface area contributed by atoms with Crippen molar-refractivity contribution in [1.29, 1.82) is 0 Å². The van der Waals surface area contributed by atoms with Crippen LogP contribution in [0.1, 0.15) is 5.56 Å². The van der Waals surface area contributed by atoms with Gasteiger partial charge >= 0.3 is 0 Å². The van der Waals surface area contributed by atoms with E-state index in [1.807, 2.05) is 49.4 Å². The fourth-order valence-corrected chi connectivity index (χ4v) is 4.32. The molecule has 0 unspecified atom stereocenters. The normalized spacial score (nSPS) is 11.0. The first-order valence-corrected chi connectivity index (χ1v) is 13.2. The molecule has 0 saturated carbocycles. The van der Waals surface area contributed by atoms with Crippen molar-refractivity contribution < 1.29 is 41.8 Å². The Morgan fingerprint density at radius 3 is 1.51 bits per heavy atom. The van der Waals surface area contributed by atoms with E-state index in [1.165, 1.54) is 18.2 Å². The molecule has 0 radical (unpaired) electrons. The molecule has 0 atom stereocenters. The predicted molar refractivity (Wildman–Crippen MR) is 167 cm³/mol. The Bertz CT molecular complexity index is 2080. The van der Waals surface area contributed by atoms with Gasteiger partial charge in [0.2, 0.25) is 0 Å². The Labute approximate surface area is 266 Å². The molecule has 0 saturated heterocycles. The Hall–Kier alpha value is -5.87. The van der Waals surface area contributed by atoms with Gasteiger partial charge in [0.15, 0.2) is 0 Å². The third-order valence-electron chi connectivity index (χ3n) is 6.57. The van der Waals surface area contributed by atoms with Crippen LogP contribution in [0.15, 0.2) is 130 Å². The number of aryl methyl sites for hydroxylation is 1. The monoisotopic (exact) mass is 645 g/mol. The minimum Gasteiger partial charge on any atom is -0.506 e. The van der Waals surface area contributed by atoms with Crippen LogP contribution < -0.4 is 0 Å². The van der Waals surface area contributed by atoms with Crippen molar-refractivity contribution in [2.75, 3.05) is 0 Å². The van der Waals surface area contributed by atoms with Crippen LogP contribution in [0.4, 0.5) is 28.4 Å². The molecule has 0 amide bonds. The Kier molecular flexibility index (Phi) is 10.0. The number of phenols is 4. The molecule has 228 valence electrons. The van der Waals surface area contributed by atoms with Crippen LogP contribution in [0.3, 0.4) is 0 Å². The van der Waals surface area contributed by atoms with E-state index in [1.54, 1.807) is 42.5 Å². The number of benzene rings is 6. The Morgan fingerprint density at radius 2 is 1.00 bits per heavy atom. The molecular weight excluding hydrogens is 621 g/mol. The van der Waals surface area contributed by atoms with Gasteiger partial charge in [0.1, 0.15) is 45.7 Å². The summed E-state index contributed by atoms with van der Waals surface area (Å²) in [6.45, 7) is 1.91. The molecule has 12 heteroatoms. The first kappa shape index (κ1) is 32.1. The Morgan fingerprint density at radius 1 is 0.556 bits per heavy atom. The van der Waals surface area contributed by atoms with Crippen LogP contribution in [0.5, 0.6) is 23.0 Å². The zero-order chi connectivity index (χ0) is 31.2. The van der Waals surface area contributed by atoms with Gasteiger partial charge in [-0.15, -0.1) is 20.5 Å². The van der Waals surface area contributed by atoms with E-state index in [0.717, 1.165) is 27.8 Å². The van der Waals surface area contributed by atoms with Crippen LogP contribution in [-0.2, 0) is 16.5 Å². The standard InChI is InChI=1S/C17H14N2O2.C16H11N3O4.Ni/c1-11-6-8-15(20)14(10-11)18-19-17-13-5-3-2-4-12(13)7-9-16(17)21;20-14-8-6-11(19(22)23)9-13(14)17-18-16-12-4-2-1-3-10(12)5-7-15(16)21;/h2-10,20-21H,1H3;1-9,20-21H;. The number of non-ortho nitro benzene ring substituents is 1. The largest absolute Gasteiger partial charge is 0.506 e. The SMILES string of the molecule is Cc1ccc(O)c(N=Nc2c(O)ccc3ccccc23)c1.O=[N+]([O-])c1ccc(O)c(N=Nc2c(O)ccc3ccccc23)c1.[Ni]. The number of hydrogen-bond acceptors (Lipinski definition) is 10. The molecule has 0 aliphatic carbocycles. The van der Waals surface area contributed by atoms with Crippen LogP contribution in [0, 0.1) is 17.0 Å². The number of aromatic hydroxyl groups is 4. The molecule has 0 fully saturated rings. The maximum absolute atomic E-state index is 10.8. The topological polar surface area (TPSA) is 174 Å². The third-order valence-corrected chi connectivity index (χ3v) is 6.57. The zero-order valence-electron chi connectivity index (χ0n) is 23.5. The summed E-state index contributed by atoms with van der Waals surface area (Å²) in [7, 11) is 0. The molecule has 6 aromatic rings. The molecular formula is C33H25N5NiO6. The molecule has 0 spiro atoms. The number of nitrogens with zero attached hydrogens (tertiary/aromatic N) is 5. The van der Waals surface area contributed by atoms with E-state index in [9.17, 15) is 30.5 Å². The van der Waals surface area contributed by atoms with Gasteiger partial charge in [-0.1, -0.05) is 66.7 Å². The van der Waals surface area contributed by atoms with Gasteiger partial charge in [0.05, 0.1) is 4.92 Å². The molecule has 11 nitrogen and oxygen atoms in total. The second kappa shape index (κ2) is 14.1. The number of rotatable bonds is 5. The van der Waals surface area contributed by atoms with Crippen molar-refractivity contribution in [1.82, 2.24) is 0 Å². The first-order valence-electron chi connectivity index (χ1n) is 13.2. The second-order valence-electron chi connectivity index (χ2n) is 9.63. The van der Waals surface area contributed by atoms with Crippen LogP contribution >= 0.6 is 0 Å². The quantitative estimate of drug-likeness (QED) is 0.0628. The Balaban J connectivity index is 0.000000201. The molecule has 0 aliphatic rings. The third kappa shape index (κ3) is 7.38. The van der Waals surface area contributed by atoms with Crippen LogP contribution in [-0.4, -0.2) is 25.3 Å². The summed E-state index contributed by atoms with van der Waals surface area (Å²) in [5.74, 6) is -0.190. The van der Waals surface area contributed by atoms with Crippen molar-refractivity contribution in [3.8, 4) is 23.0 Å². The zero-order valence-corrected chi connectivity index (χ0v) is 24.5. The average Bonchev–Trinajstić information content (AvgIpc) is 3.02. The van der Waals surface area contributed by atoms with Gasteiger partial charge in [-0.25, -0.2) is 0 Å². The van der Waals surface area contributed by atoms with Gasteiger partial charge in [-0.2, -0.15) is 0 Å². The molecule has 45 heavy (non-hydrogen) atoms. The van der Waals surface area contributed by atoms with Crippen molar-refractivity contribution >= 4 is 50.0 Å². The van der Waals surface area contributed by atoms with Crippen molar-refractivity contribution in [3.63, 3.8) is 0 Å². The predicted octanol–water partition coefficient (Wildman–Crippen LogP) is 9.55. The average molecular weight is 646 g/mol. The van der Waals surface area contributed by atoms with E-state index in [-0.39, 0.29) is 56.6 Å². The summed E-state index contributed by atoms with van der Waals surface area (Å²) in [6.07, 6.45) is 0. The molecule has 0 aliphatic heterocycles. The maximum Gasteiger partial charge on any atom is 0.271 e. The molecule has 0 bridgehead atoms. The van der Waals surface area contributed by atoms with E-state index < -0.39 is 4.92 Å². The van der Waals surface area contributed by atoms with Crippen molar-refractivity contribution in [3.05, 3.63) is 125 Å². The number of nitro groups is 1. The molecule has 6 aromatic carbocycles. The van der Waals surface area contributed by atoms with E-state index in [4.69, 9.17) is 0 Å². The fraction of sp³-hybridized carbons (Fsp3) is 0.0303. The van der Waals surface area contributed by atoms with Crippen molar-refractivity contribution in [2.24, 2.45) is 20.5 Å². The number of hydrogen-bond donors (Lipinski definition) is 4. The molecule has 0 aromatic heterocycles. The van der Waals surface area contributed by atoms with E-state index in [0.29, 0.717) is 16.8 Å². The first-order chi connectivity index (χ1) is 21.2. The summed E-state index contributed by atoms with van der Waals surface area (Å²) in [6, 6.07) is 30.1. The smallest absolute Gasteiger partial charge is 0.271 e. The minimum atomic E-state index is -0.589. The number of azo groups is 2. The summed E-state index contributed by atoms with van der Waals surface area (Å²) in [5.41, 5.74) is 1.72. The van der Waals surface area contributed by atoms with E-state index >= 15 is 0 Å². The van der Waals surface area contributed by atoms with Gasteiger partial charge in [0.25, 0.3) is 5.69 Å². The van der Waals surface area contributed by atoms with Gasteiger partial charge in [0, 0.05) is 39.4 Å². The fourth-order valence-electron chi connectivity index (χ4n) is 4.32. The molecule has 6 rings (SSSR count). The number of phenolic OH excluding ortho intramolecular Hbond substituents is 4. The second-order valence-corrected chi connectivity index (χ2v) is 9.63. The molecule has 0 heterocycles. The number of nitro benzene ring substituents is 1. The van der Waals surface area contributed by atoms with Crippen LogP contribution in [0.25, 0.3) is 21.5 Å². The van der Waals surface area contributed by atoms with Gasteiger partial charge < -0.3 is 20.4 Å².